The summed E-state index contributed by atoms with van der Waals surface area (Å²) >= 11 is 0. The molecule has 0 saturated carbocycles. The highest BCUT2D eigenvalue weighted by molar-refractivity contribution is 5.87. The Balaban J connectivity index is 1.44. The number of H-pyrrole nitrogens is 1. The zero-order chi connectivity index (χ0) is 21.1. The molecule has 1 aliphatic heterocycles. The van der Waals surface area contributed by atoms with E-state index in [1.165, 1.54) is 0 Å². The number of rotatable bonds is 7. The van der Waals surface area contributed by atoms with Gasteiger partial charge in [0.05, 0.1) is 19.0 Å². The number of nitrogens with one attached hydrogen (secondary N) is 2. The maximum Gasteiger partial charge on any atom is 0.236 e. The summed E-state index contributed by atoms with van der Waals surface area (Å²) in [6.07, 6.45) is 0.935. The van der Waals surface area contributed by atoms with Gasteiger partial charge in [-0.3, -0.25) is 9.89 Å². The minimum Gasteiger partial charge on any atom is -0.496 e. The normalized spacial score (nSPS) is 16.4. The topological polar surface area (TPSA) is 86.4 Å². The van der Waals surface area contributed by atoms with Gasteiger partial charge in [-0.15, -0.1) is 0 Å². The van der Waals surface area contributed by atoms with Crippen molar-refractivity contribution in [3.8, 4) is 5.75 Å². The number of nitrogens with zero attached hydrogens (tertiary/aromatic N) is 4. The van der Waals surface area contributed by atoms with Crippen LogP contribution in [-0.4, -0.2) is 71.7 Å². The Labute approximate surface area is 176 Å². The van der Waals surface area contributed by atoms with E-state index < -0.39 is 0 Å². The van der Waals surface area contributed by atoms with Gasteiger partial charge in [-0.05, 0) is 38.7 Å². The number of benzene rings is 1. The molecule has 0 aliphatic carbocycles. The second-order valence-corrected chi connectivity index (χ2v) is 7.93. The molecule has 158 valence electrons. The van der Waals surface area contributed by atoms with Crippen LogP contribution in [0, 0.1) is 0 Å². The van der Waals surface area contributed by atoms with Crippen molar-refractivity contribution in [1.82, 2.24) is 25.0 Å². The van der Waals surface area contributed by atoms with Crippen LogP contribution >= 0.6 is 0 Å². The molecule has 0 bridgehead atoms. The molecule has 30 heavy (non-hydrogen) atoms. The smallest absolute Gasteiger partial charge is 0.236 e. The number of hydrogen-bond donors (Lipinski definition) is 2. The van der Waals surface area contributed by atoms with E-state index in [9.17, 15) is 4.79 Å². The third kappa shape index (κ3) is 4.23. The van der Waals surface area contributed by atoms with Crippen molar-refractivity contribution in [3.05, 3.63) is 47.7 Å². The van der Waals surface area contributed by atoms with Crippen LogP contribution in [0.3, 0.4) is 0 Å². The molecule has 1 fully saturated rings. The minimum absolute atomic E-state index is 0.174. The van der Waals surface area contributed by atoms with Crippen molar-refractivity contribution >= 4 is 22.8 Å². The standard InChI is InChI=1S/C22H28N6O2/c1-27(2)14-20(29)28-11-10-16(13-28)18-9-8-17-21(25-26-22(17)24-18)23-12-15-6-4-5-7-19(15)30-3/h4-9,16H,10-14H2,1-3H3,(H2,23,24,25,26). The number of anilines is 1. The van der Waals surface area contributed by atoms with Crippen molar-refractivity contribution in [1.29, 1.82) is 0 Å². The third-order valence-corrected chi connectivity index (χ3v) is 5.50. The maximum atomic E-state index is 12.3. The van der Waals surface area contributed by atoms with Crippen molar-refractivity contribution in [2.75, 3.05) is 46.2 Å². The van der Waals surface area contributed by atoms with Crippen LogP contribution in [0.4, 0.5) is 5.82 Å². The molecule has 3 heterocycles. The Morgan fingerprint density at radius 3 is 2.93 bits per heavy atom. The van der Waals surface area contributed by atoms with Gasteiger partial charge in [0.15, 0.2) is 11.5 Å². The first kappa shape index (κ1) is 20.2. The molecular weight excluding hydrogens is 380 g/mol. The number of aromatic amines is 1. The van der Waals surface area contributed by atoms with Crippen molar-refractivity contribution in [2.24, 2.45) is 0 Å². The number of carbonyl (C=O) groups excluding carboxylic acids is 1. The van der Waals surface area contributed by atoms with Gasteiger partial charge in [-0.2, -0.15) is 5.10 Å². The first-order chi connectivity index (χ1) is 14.5. The lowest BCUT2D eigenvalue weighted by molar-refractivity contribution is -0.130. The van der Waals surface area contributed by atoms with Gasteiger partial charge in [0, 0.05) is 36.8 Å². The number of methoxy groups -OCH3 is 1. The third-order valence-electron chi connectivity index (χ3n) is 5.50. The lowest BCUT2D eigenvalue weighted by Crippen LogP contribution is -2.36. The second-order valence-electron chi connectivity index (χ2n) is 7.93. The van der Waals surface area contributed by atoms with Gasteiger partial charge < -0.3 is 19.9 Å². The molecule has 1 amide bonds. The fourth-order valence-electron chi connectivity index (χ4n) is 3.91. The van der Waals surface area contributed by atoms with Gasteiger partial charge in [0.1, 0.15) is 5.75 Å². The molecule has 3 aromatic rings. The first-order valence-corrected chi connectivity index (χ1v) is 10.2. The van der Waals surface area contributed by atoms with Crippen molar-refractivity contribution < 1.29 is 9.53 Å². The summed E-state index contributed by atoms with van der Waals surface area (Å²) in [5.74, 6) is 2.05. The number of likely N-dealkylation sites (N-methyl/N-ethyl adjacent to an activating group) is 1. The fraction of sp³-hybridized carbons (Fsp3) is 0.409. The Kier molecular flexibility index (Phi) is 5.85. The Bertz CT molecular complexity index is 1030. The number of carbonyl (C=O) groups is 1. The summed E-state index contributed by atoms with van der Waals surface area (Å²) < 4.78 is 5.41. The summed E-state index contributed by atoms with van der Waals surface area (Å²) in [4.78, 5) is 20.9. The largest absolute Gasteiger partial charge is 0.496 e. The number of fused-ring (bicyclic) bond motifs is 1. The van der Waals surface area contributed by atoms with E-state index in [0.29, 0.717) is 13.1 Å². The predicted octanol–water partition coefficient (Wildman–Crippen LogP) is 2.46. The molecule has 0 spiro atoms. The van der Waals surface area contributed by atoms with E-state index in [-0.39, 0.29) is 11.8 Å². The molecule has 1 atom stereocenters. The van der Waals surface area contributed by atoms with Crippen LogP contribution < -0.4 is 10.1 Å². The molecule has 1 aromatic carbocycles. The molecule has 1 saturated heterocycles. The molecule has 1 aliphatic rings. The zero-order valence-electron chi connectivity index (χ0n) is 17.7. The van der Waals surface area contributed by atoms with Crippen molar-refractivity contribution in [2.45, 2.75) is 18.9 Å². The van der Waals surface area contributed by atoms with E-state index in [2.05, 4.69) is 27.6 Å². The Morgan fingerprint density at radius 1 is 1.30 bits per heavy atom. The molecule has 4 rings (SSSR count). The maximum absolute atomic E-state index is 12.3. The van der Waals surface area contributed by atoms with Crippen LogP contribution in [0.2, 0.25) is 0 Å². The molecule has 8 heteroatoms. The van der Waals surface area contributed by atoms with Crippen LogP contribution in [-0.2, 0) is 11.3 Å². The average molecular weight is 409 g/mol. The summed E-state index contributed by atoms with van der Waals surface area (Å²) in [6.45, 7) is 2.56. The number of hydrogen-bond acceptors (Lipinski definition) is 6. The number of amides is 1. The van der Waals surface area contributed by atoms with Crippen LogP contribution in [0.5, 0.6) is 5.75 Å². The number of aromatic nitrogens is 3. The Hall–Kier alpha value is -3.13. The number of pyridine rings is 1. The SMILES string of the molecule is COc1ccccc1CNc1n[nH]c2nc(C3CCN(C(=O)CN(C)C)C3)ccc12. The summed E-state index contributed by atoms with van der Waals surface area (Å²) in [5, 5.41) is 11.8. The van der Waals surface area contributed by atoms with E-state index >= 15 is 0 Å². The zero-order valence-corrected chi connectivity index (χ0v) is 17.7. The van der Waals surface area contributed by atoms with Gasteiger partial charge in [0.25, 0.3) is 0 Å². The highest BCUT2D eigenvalue weighted by Crippen LogP contribution is 2.29. The Morgan fingerprint density at radius 2 is 2.13 bits per heavy atom. The highest BCUT2D eigenvalue weighted by atomic mass is 16.5. The van der Waals surface area contributed by atoms with Crippen LogP contribution in [0.15, 0.2) is 36.4 Å². The molecule has 2 aromatic heterocycles. The number of ether oxygens (including phenoxy) is 1. The van der Waals surface area contributed by atoms with Gasteiger partial charge in [0.2, 0.25) is 5.91 Å². The monoisotopic (exact) mass is 408 g/mol. The van der Waals surface area contributed by atoms with Crippen molar-refractivity contribution in [3.63, 3.8) is 0 Å². The van der Waals surface area contributed by atoms with E-state index in [1.807, 2.05) is 48.2 Å². The van der Waals surface area contributed by atoms with Crippen LogP contribution in [0.25, 0.3) is 11.0 Å². The molecule has 0 radical (unpaired) electrons. The minimum atomic E-state index is 0.174. The first-order valence-electron chi connectivity index (χ1n) is 10.2. The molecule has 8 nitrogen and oxygen atoms in total. The number of likely N-dealkylation sites (tertiary alicyclic amines) is 1. The second kappa shape index (κ2) is 8.71. The number of para-hydroxylation sites is 1. The van der Waals surface area contributed by atoms with E-state index in [0.717, 1.165) is 53.4 Å². The molecule has 1 unspecified atom stereocenters. The highest BCUT2D eigenvalue weighted by Gasteiger charge is 2.28. The molecular formula is C22H28N6O2. The van der Waals surface area contributed by atoms with E-state index in [1.54, 1.807) is 7.11 Å². The van der Waals surface area contributed by atoms with Gasteiger partial charge in [-0.1, -0.05) is 18.2 Å². The van der Waals surface area contributed by atoms with Crippen LogP contribution in [0.1, 0.15) is 23.6 Å². The van der Waals surface area contributed by atoms with Gasteiger partial charge in [-0.25, -0.2) is 4.98 Å². The summed E-state index contributed by atoms with van der Waals surface area (Å²) in [7, 11) is 5.50. The van der Waals surface area contributed by atoms with E-state index in [4.69, 9.17) is 9.72 Å². The van der Waals surface area contributed by atoms with Gasteiger partial charge >= 0.3 is 0 Å². The lowest BCUT2D eigenvalue weighted by Gasteiger charge is -2.19. The summed E-state index contributed by atoms with van der Waals surface area (Å²) in [5.41, 5.74) is 2.82. The quantitative estimate of drug-likeness (QED) is 0.625. The fourth-order valence-corrected chi connectivity index (χ4v) is 3.91. The molecule has 2 N–H and O–H groups in total. The predicted molar refractivity (Wildman–Crippen MR) is 117 cm³/mol. The average Bonchev–Trinajstić information content (AvgIpc) is 3.39. The lowest BCUT2D eigenvalue weighted by atomic mass is 10.0. The summed E-state index contributed by atoms with van der Waals surface area (Å²) in [6, 6.07) is 12.0.